The van der Waals surface area contributed by atoms with E-state index in [1.807, 2.05) is 36.6 Å². The second kappa shape index (κ2) is 9.91. The molecular weight excluding hydrogens is 366 g/mol. The van der Waals surface area contributed by atoms with E-state index in [0.717, 1.165) is 0 Å². The van der Waals surface area contributed by atoms with Gasteiger partial charge in [0.25, 0.3) is 0 Å². The maximum atomic E-state index is 12.5. The molecule has 8 heteroatoms. The van der Waals surface area contributed by atoms with E-state index in [-0.39, 0.29) is 18.8 Å². The van der Waals surface area contributed by atoms with E-state index in [9.17, 15) is 9.59 Å². The molecule has 0 radical (unpaired) electrons. The number of hydrogen-bond acceptors (Lipinski definition) is 8. The summed E-state index contributed by atoms with van der Waals surface area (Å²) in [5.41, 5.74) is 0.893. The average Bonchev–Trinajstić information content (AvgIpc) is 2.69. The number of esters is 2. The van der Waals surface area contributed by atoms with Crippen LogP contribution in [0.15, 0.2) is 41.7 Å². The summed E-state index contributed by atoms with van der Waals surface area (Å²) in [5.74, 6) is -0.655. The Morgan fingerprint density at radius 2 is 1.81 bits per heavy atom. The molecule has 1 heterocycles. The van der Waals surface area contributed by atoms with Gasteiger partial charge < -0.3 is 14.4 Å². The van der Waals surface area contributed by atoms with E-state index < -0.39 is 18.0 Å². The first-order chi connectivity index (χ1) is 13.0. The molecule has 0 aliphatic rings. The number of benzene rings is 1. The minimum absolute atomic E-state index is 0.189. The Balaban J connectivity index is 2.63. The second-order valence-corrected chi connectivity index (χ2v) is 6.22. The maximum absolute atomic E-state index is 12.5. The molecule has 0 bridgehead atoms. The molecule has 1 aromatic carbocycles. The normalized spacial score (nSPS) is 11.6. The van der Waals surface area contributed by atoms with Gasteiger partial charge in [0.1, 0.15) is 11.6 Å². The lowest BCUT2D eigenvalue weighted by Gasteiger charge is -2.30. The van der Waals surface area contributed by atoms with Gasteiger partial charge in [-0.3, -0.25) is 0 Å². The van der Waals surface area contributed by atoms with Crippen LogP contribution in [0.3, 0.4) is 0 Å². The third-order valence-electron chi connectivity index (χ3n) is 3.70. The monoisotopic (exact) mass is 389 g/mol. The van der Waals surface area contributed by atoms with Crippen LogP contribution in [0.2, 0.25) is 0 Å². The summed E-state index contributed by atoms with van der Waals surface area (Å²) in [6, 6.07) is 8.54. The quantitative estimate of drug-likeness (QED) is 0.386. The fraction of sp³-hybridized carbons (Fsp3) is 0.368. The molecule has 0 spiro atoms. The van der Waals surface area contributed by atoms with Gasteiger partial charge in [0, 0.05) is 11.9 Å². The highest BCUT2D eigenvalue weighted by atomic mass is 32.2. The number of carbonyl (C=O) groups excluding carboxylic acids is 2. The summed E-state index contributed by atoms with van der Waals surface area (Å²) < 4.78 is 10.3. The molecule has 0 aliphatic heterocycles. The Hall–Kier alpha value is -2.61. The molecule has 1 aromatic heterocycles. The van der Waals surface area contributed by atoms with Crippen molar-refractivity contribution in [3.05, 3.63) is 42.1 Å². The summed E-state index contributed by atoms with van der Waals surface area (Å²) in [6.45, 7) is 5.67. The van der Waals surface area contributed by atoms with Gasteiger partial charge in [-0.25, -0.2) is 19.6 Å². The third-order valence-corrected chi connectivity index (χ3v) is 4.26. The van der Waals surface area contributed by atoms with Crippen LogP contribution in [0.5, 0.6) is 0 Å². The summed E-state index contributed by atoms with van der Waals surface area (Å²) >= 11 is 1.34. The fourth-order valence-electron chi connectivity index (χ4n) is 2.48. The molecule has 144 valence electrons. The van der Waals surface area contributed by atoms with Crippen molar-refractivity contribution in [3.8, 4) is 0 Å². The minimum Gasteiger partial charge on any atom is -0.464 e. The first kappa shape index (κ1) is 20.7. The lowest BCUT2D eigenvalue weighted by atomic mass is 10.2. The number of rotatable bonds is 8. The number of ether oxygens (including phenoxy) is 2. The van der Waals surface area contributed by atoms with Gasteiger partial charge in [0.05, 0.1) is 13.2 Å². The summed E-state index contributed by atoms with van der Waals surface area (Å²) in [6.07, 6.45) is 3.27. The fourth-order valence-corrected chi connectivity index (χ4v) is 2.81. The number of anilines is 2. The van der Waals surface area contributed by atoms with Gasteiger partial charge >= 0.3 is 11.9 Å². The number of aromatic nitrogens is 2. The van der Waals surface area contributed by atoms with E-state index in [1.165, 1.54) is 18.0 Å². The van der Waals surface area contributed by atoms with Crippen LogP contribution in [-0.4, -0.2) is 47.4 Å². The molecule has 0 aliphatic carbocycles. The summed E-state index contributed by atoms with van der Waals surface area (Å²) in [7, 11) is 0. The Labute approximate surface area is 163 Å². The van der Waals surface area contributed by atoms with E-state index >= 15 is 0 Å². The standard InChI is InChI=1S/C19H23N3O4S/c1-5-25-17(23)13(3)22(14-10-8-7-9-11-14)16-15(18(24)26-6-2)12-20-19(21-16)27-4/h7-13H,5-6H2,1-4H3. The Kier molecular flexibility index (Phi) is 7.60. The molecule has 1 unspecified atom stereocenters. The van der Waals surface area contributed by atoms with Gasteiger partial charge in [-0.1, -0.05) is 30.0 Å². The van der Waals surface area contributed by atoms with Crippen LogP contribution in [0, 0.1) is 0 Å². The third kappa shape index (κ3) is 4.97. The van der Waals surface area contributed by atoms with Crippen molar-refractivity contribution in [1.29, 1.82) is 0 Å². The van der Waals surface area contributed by atoms with Gasteiger partial charge in [-0.15, -0.1) is 0 Å². The topological polar surface area (TPSA) is 81.6 Å². The lowest BCUT2D eigenvalue weighted by Crippen LogP contribution is -2.38. The highest BCUT2D eigenvalue weighted by Gasteiger charge is 2.30. The molecule has 2 rings (SSSR count). The van der Waals surface area contributed by atoms with Crippen molar-refractivity contribution in [1.82, 2.24) is 9.97 Å². The number of thioether (sulfide) groups is 1. The largest absolute Gasteiger partial charge is 0.464 e. The van der Waals surface area contributed by atoms with E-state index in [2.05, 4.69) is 9.97 Å². The van der Waals surface area contributed by atoms with Crippen LogP contribution >= 0.6 is 11.8 Å². The van der Waals surface area contributed by atoms with Gasteiger partial charge in [-0.2, -0.15) is 0 Å². The molecule has 27 heavy (non-hydrogen) atoms. The van der Waals surface area contributed by atoms with Crippen molar-refractivity contribution in [3.63, 3.8) is 0 Å². The zero-order chi connectivity index (χ0) is 19.8. The SMILES string of the molecule is CCOC(=O)c1cnc(SC)nc1N(c1ccccc1)C(C)C(=O)OCC. The van der Waals surface area contributed by atoms with E-state index in [0.29, 0.717) is 16.7 Å². The molecule has 0 saturated carbocycles. The van der Waals surface area contributed by atoms with Crippen molar-refractivity contribution in [2.75, 3.05) is 24.4 Å². The summed E-state index contributed by atoms with van der Waals surface area (Å²) in [4.78, 5) is 35.3. The molecule has 7 nitrogen and oxygen atoms in total. The van der Waals surface area contributed by atoms with Crippen LogP contribution in [0.1, 0.15) is 31.1 Å². The lowest BCUT2D eigenvalue weighted by molar-refractivity contribution is -0.144. The first-order valence-corrected chi connectivity index (χ1v) is 9.84. The predicted octanol–water partition coefficient (Wildman–Crippen LogP) is 3.46. The maximum Gasteiger partial charge on any atom is 0.343 e. The minimum atomic E-state index is -0.704. The van der Waals surface area contributed by atoms with Gasteiger partial charge in [0.2, 0.25) is 0 Å². The highest BCUT2D eigenvalue weighted by molar-refractivity contribution is 7.98. The average molecular weight is 389 g/mol. The molecule has 1 atom stereocenters. The van der Waals surface area contributed by atoms with Crippen molar-refractivity contribution >= 4 is 35.2 Å². The van der Waals surface area contributed by atoms with Crippen LogP contribution in [0.4, 0.5) is 11.5 Å². The molecule has 2 aromatic rings. The first-order valence-electron chi connectivity index (χ1n) is 8.62. The highest BCUT2D eigenvalue weighted by Crippen LogP contribution is 2.31. The smallest absolute Gasteiger partial charge is 0.343 e. The number of para-hydroxylation sites is 1. The molecule has 0 fully saturated rings. The predicted molar refractivity (Wildman–Crippen MR) is 104 cm³/mol. The Morgan fingerprint density at radius 3 is 2.41 bits per heavy atom. The van der Waals surface area contributed by atoms with Crippen LogP contribution < -0.4 is 4.90 Å². The second-order valence-electron chi connectivity index (χ2n) is 5.45. The van der Waals surface area contributed by atoms with Crippen LogP contribution in [0.25, 0.3) is 0 Å². The molecule has 0 N–H and O–H groups in total. The Bertz CT molecular complexity index is 786. The number of nitrogens with zero attached hydrogens (tertiary/aromatic N) is 3. The Morgan fingerprint density at radius 1 is 1.15 bits per heavy atom. The van der Waals surface area contributed by atoms with Crippen molar-refractivity contribution in [2.45, 2.75) is 32.0 Å². The summed E-state index contributed by atoms with van der Waals surface area (Å²) in [5, 5.41) is 0.482. The zero-order valence-corrected chi connectivity index (χ0v) is 16.7. The van der Waals surface area contributed by atoms with Gasteiger partial charge in [0.15, 0.2) is 11.0 Å². The van der Waals surface area contributed by atoms with Crippen molar-refractivity contribution < 1.29 is 19.1 Å². The molecular formula is C19H23N3O4S. The molecule has 0 amide bonds. The van der Waals surface area contributed by atoms with Crippen LogP contribution in [-0.2, 0) is 14.3 Å². The van der Waals surface area contributed by atoms with Crippen molar-refractivity contribution in [2.24, 2.45) is 0 Å². The zero-order valence-electron chi connectivity index (χ0n) is 15.8. The van der Waals surface area contributed by atoms with Gasteiger partial charge in [-0.05, 0) is 39.2 Å². The van der Waals surface area contributed by atoms with E-state index in [4.69, 9.17) is 9.47 Å². The molecule has 0 saturated heterocycles. The van der Waals surface area contributed by atoms with E-state index in [1.54, 1.807) is 25.7 Å². The number of carbonyl (C=O) groups is 2. The number of hydrogen-bond donors (Lipinski definition) is 0.